The van der Waals surface area contributed by atoms with Crippen LogP contribution in [0.3, 0.4) is 0 Å². The van der Waals surface area contributed by atoms with Gasteiger partial charge in [-0.2, -0.15) is 0 Å². The van der Waals surface area contributed by atoms with Crippen LogP contribution in [0.5, 0.6) is 5.88 Å². The molecule has 0 N–H and O–H groups in total. The van der Waals surface area contributed by atoms with E-state index in [0.717, 1.165) is 38.1 Å². The summed E-state index contributed by atoms with van der Waals surface area (Å²) in [6.45, 7) is 3.54. The van der Waals surface area contributed by atoms with E-state index in [1.165, 1.54) is 19.4 Å². The topological polar surface area (TPSA) is 42.4 Å². The number of rotatable bonds is 5. The molecule has 4 heteroatoms. The van der Waals surface area contributed by atoms with Gasteiger partial charge in [0.1, 0.15) is 6.10 Å². The third-order valence-electron chi connectivity index (χ3n) is 3.93. The van der Waals surface area contributed by atoms with Gasteiger partial charge in [-0.15, -0.1) is 0 Å². The summed E-state index contributed by atoms with van der Waals surface area (Å²) in [4.78, 5) is 17.3. The van der Waals surface area contributed by atoms with E-state index in [9.17, 15) is 4.79 Å². The van der Waals surface area contributed by atoms with Gasteiger partial charge in [0.2, 0.25) is 5.88 Å². The molecule has 102 valence electrons. The van der Waals surface area contributed by atoms with Crippen LogP contribution in [0.15, 0.2) is 18.3 Å². The fourth-order valence-electron chi connectivity index (χ4n) is 2.58. The van der Waals surface area contributed by atoms with E-state index in [2.05, 4.69) is 9.88 Å². The predicted octanol–water partition coefficient (Wildman–Crippen LogP) is 2.15. The Balaban J connectivity index is 1.46. The van der Waals surface area contributed by atoms with Crippen LogP contribution in [-0.4, -0.2) is 41.9 Å². The Hall–Kier alpha value is -1.42. The fraction of sp³-hybridized carbons (Fsp3) is 0.600. The minimum atomic E-state index is 0.269. The van der Waals surface area contributed by atoms with Crippen LogP contribution >= 0.6 is 0 Å². The highest BCUT2D eigenvalue weighted by atomic mass is 16.5. The molecule has 2 heterocycles. The quantitative estimate of drug-likeness (QED) is 0.761. The van der Waals surface area contributed by atoms with E-state index in [1.807, 2.05) is 0 Å². The van der Waals surface area contributed by atoms with Crippen LogP contribution < -0.4 is 4.74 Å². The van der Waals surface area contributed by atoms with Crippen molar-refractivity contribution in [3.05, 3.63) is 23.9 Å². The first-order valence-electron chi connectivity index (χ1n) is 7.14. The monoisotopic (exact) mass is 260 g/mol. The number of ether oxygens (including phenoxy) is 1. The summed E-state index contributed by atoms with van der Waals surface area (Å²) in [5.74, 6) is 1.60. The van der Waals surface area contributed by atoms with E-state index in [0.29, 0.717) is 11.4 Å². The molecule has 0 bridgehead atoms. The van der Waals surface area contributed by atoms with Crippen LogP contribution in [0.25, 0.3) is 0 Å². The molecular weight excluding hydrogens is 240 g/mol. The van der Waals surface area contributed by atoms with Gasteiger partial charge in [0.05, 0.1) is 0 Å². The SMILES string of the molecule is O=Cc1ccc(OC2CCN(CC3CC3)CC2)nc1. The first-order valence-corrected chi connectivity index (χ1v) is 7.14. The summed E-state index contributed by atoms with van der Waals surface area (Å²) < 4.78 is 5.87. The summed E-state index contributed by atoms with van der Waals surface area (Å²) in [5.41, 5.74) is 0.589. The molecule has 2 fully saturated rings. The summed E-state index contributed by atoms with van der Waals surface area (Å²) in [7, 11) is 0. The Labute approximate surface area is 113 Å². The van der Waals surface area contributed by atoms with Gasteiger partial charge in [-0.05, 0) is 37.7 Å². The van der Waals surface area contributed by atoms with Gasteiger partial charge in [0.15, 0.2) is 6.29 Å². The normalized spacial score (nSPS) is 21.3. The zero-order valence-corrected chi connectivity index (χ0v) is 11.1. The van der Waals surface area contributed by atoms with Crippen molar-refractivity contribution >= 4 is 6.29 Å². The molecule has 4 nitrogen and oxygen atoms in total. The van der Waals surface area contributed by atoms with Crippen molar-refractivity contribution in [2.45, 2.75) is 31.8 Å². The molecule has 0 amide bonds. The molecule has 19 heavy (non-hydrogen) atoms. The molecule has 1 aromatic rings. The summed E-state index contributed by atoms with van der Waals surface area (Å²) in [6, 6.07) is 3.53. The Morgan fingerprint density at radius 2 is 2.05 bits per heavy atom. The van der Waals surface area contributed by atoms with Gasteiger partial charge < -0.3 is 9.64 Å². The van der Waals surface area contributed by atoms with E-state index in [4.69, 9.17) is 4.74 Å². The molecule has 0 atom stereocenters. The maximum absolute atomic E-state index is 10.6. The van der Waals surface area contributed by atoms with E-state index >= 15 is 0 Å². The van der Waals surface area contributed by atoms with Crippen LogP contribution in [0, 0.1) is 5.92 Å². The third kappa shape index (κ3) is 3.53. The standard InChI is InChI=1S/C15H20N2O2/c18-11-13-3-4-15(16-9-13)19-14-5-7-17(8-6-14)10-12-1-2-12/h3-4,9,11-12,14H,1-2,5-8,10H2. The van der Waals surface area contributed by atoms with Crippen molar-refractivity contribution in [2.75, 3.05) is 19.6 Å². The lowest BCUT2D eigenvalue weighted by molar-refractivity contribution is 0.0944. The number of aromatic nitrogens is 1. The molecule has 3 rings (SSSR count). The first kappa shape index (κ1) is 12.6. The number of likely N-dealkylation sites (tertiary alicyclic amines) is 1. The van der Waals surface area contributed by atoms with E-state index in [1.54, 1.807) is 18.3 Å². The van der Waals surface area contributed by atoms with Crippen LogP contribution in [0.1, 0.15) is 36.0 Å². The molecule has 1 aromatic heterocycles. The molecule has 2 aliphatic rings. The Morgan fingerprint density at radius 1 is 1.26 bits per heavy atom. The van der Waals surface area contributed by atoms with Gasteiger partial charge >= 0.3 is 0 Å². The van der Waals surface area contributed by atoms with Crippen molar-refractivity contribution in [2.24, 2.45) is 5.92 Å². The average molecular weight is 260 g/mol. The molecule has 1 saturated carbocycles. The maximum Gasteiger partial charge on any atom is 0.213 e. The van der Waals surface area contributed by atoms with E-state index < -0.39 is 0 Å². The van der Waals surface area contributed by atoms with Gasteiger partial charge in [0.25, 0.3) is 0 Å². The Bertz CT molecular complexity index is 420. The number of hydrogen-bond donors (Lipinski definition) is 0. The van der Waals surface area contributed by atoms with Gasteiger partial charge in [-0.25, -0.2) is 4.98 Å². The second kappa shape index (κ2) is 5.70. The van der Waals surface area contributed by atoms with E-state index in [-0.39, 0.29) is 6.10 Å². The number of aldehydes is 1. The highest BCUT2D eigenvalue weighted by Gasteiger charge is 2.27. The van der Waals surface area contributed by atoms with Crippen LogP contribution in [-0.2, 0) is 0 Å². The minimum Gasteiger partial charge on any atom is -0.474 e. The molecular formula is C15H20N2O2. The van der Waals surface area contributed by atoms with Crippen molar-refractivity contribution < 1.29 is 9.53 Å². The third-order valence-corrected chi connectivity index (χ3v) is 3.93. The highest BCUT2D eigenvalue weighted by molar-refractivity contribution is 5.73. The fourth-order valence-corrected chi connectivity index (χ4v) is 2.58. The number of nitrogens with zero attached hydrogens (tertiary/aromatic N) is 2. The van der Waals surface area contributed by atoms with Gasteiger partial charge in [-0.3, -0.25) is 4.79 Å². The molecule has 0 unspecified atom stereocenters. The minimum absolute atomic E-state index is 0.269. The number of carbonyl (C=O) groups excluding carboxylic acids is 1. The number of piperidine rings is 1. The van der Waals surface area contributed by atoms with Crippen molar-refractivity contribution in [1.82, 2.24) is 9.88 Å². The van der Waals surface area contributed by atoms with Crippen molar-refractivity contribution in [1.29, 1.82) is 0 Å². The summed E-state index contributed by atoms with van der Waals surface area (Å²) >= 11 is 0. The highest BCUT2D eigenvalue weighted by Crippen LogP contribution is 2.30. The lowest BCUT2D eigenvalue weighted by Gasteiger charge is -2.31. The predicted molar refractivity (Wildman–Crippen MR) is 72.4 cm³/mol. The second-order valence-electron chi connectivity index (χ2n) is 5.61. The molecule has 0 radical (unpaired) electrons. The molecule has 1 aliphatic carbocycles. The smallest absolute Gasteiger partial charge is 0.213 e. The Kier molecular flexibility index (Phi) is 3.78. The summed E-state index contributed by atoms with van der Waals surface area (Å²) in [6.07, 6.45) is 7.61. The average Bonchev–Trinajstić information content (AvgIpc) is 3.26. The Morgan fingerprint density at radius 3 is 2.63 bits per heavy atom. The van der Waals surface area contributed by atoms with Crippen molar-refractivity contribution in [3.63, 3.8) is 0 Å². The lowest BCUT2D eigenvalue weighted by Crippen LogP contribution is -2.39. The van der Waals surface area contributed by atoms with Gasteiger partial charge in [0, 0.05) is 37.5 Å². The zero-order chi connectivity index (χ0) is 13.1. The first-order chi connectivity index (χ1) is 9.33. The lowest BCUT2D eigenvalue weighted by atomic mass is 10.1. The largest absolute Gasteiger partial charge is 0.474 e. The molecule has 1 aliphatic heterocycles. The van der Waals surface area contributed by atoms with Crippen molar-refractivity contribution in [3.8, 4) is 5.88 Å². The number of pyridine rings is 1. The second-order valence-corrected chi connectivity index (χ2v) is 5.61. The van der Waals surface area contributed by atoms with Gasteiger partial charge in [-0.1, -0.05) is 0 Å². The van der Waals surface area contributed by atoms with Crippen LogP contribution in [0.4, 0.5) is 0 Å². The summed E-state index contributed by atoms with van der Waals surface area (Å²) in [5, 5.41) is 0. The molecule has 0 spiro atoms. The number of carbonyl (C=O) groups is 1. The number of hydrogen-bond acceptors (Lipinski definition) is 4. The molecule has 1 saturated heterocycles. The van der Waals surface area contributed by atoms with Crippen LogP contribution in [0.2, 0.25) is 0 Å². The zero-order valence-electron chi connectivity index (χ0n) is 11.1. The maximum atomic E-state index is 10.6. The molecule has 0 aromatic carbocycles.